The smallest absolute Gasteiger partial charge is 0.266 e. The van der Waals surface area contributed by atoms with Crippen LogP contribution in [0.5, 0.6) is 0 Å². The lowest BCUT2D eigenvalue weighted by Crippen LogP contribution is -2.44. The molecule has 0 bridgehead atoms. The lowest BCUT2D eigenvalue weighted by atomic mass is 10.2. The van der Waals surface area contributed by atoms with Crippen LogP contribution in [0.4, 0.5) is 11.6 Å². The number of likely N-dealkylation sites (N-methyl/N-ethyl adjacent to an activating group) is 1. The van der Waals surface area contributed by atoms with Gasteiger partial charge in [-0.3, -0.25) is 0 Å². The molecule has 0 aliphatic carbocycles. The Morgan fingerprint density at radius 2 is 1.80 bits per heavy atom. The number of benzene rings is 1. The molecular formula is C14H19N5O. The van der Waals surface area contributed by atoms with Crippen LogP contribution in [0, 0.1) is 0 Å². The van der Waals surface area contributed by atoms with E-state index in [-0.39, 0.29) is 0 Å². The van der Waals surface area contributed by atoms with Crippen molar-refractivity contribution < 1.29 is 4.52 Å². The van der Waals surface area contributed by atoms with E-state index in [9.17, 15) is 0 Å². The zero-order valence-electron chi connectivity index (χ0n) is 11.8. The third-order valence-electron chi connectivity index (χ3n) is 3.62. The molecule has 6 nitrogen and oxygen atoms in total. The van der Waals surface area contributed by atoms with E-state index in [0.29, 0.717) is 11.8 Å². The van der Waals surface area contributed by atoms with Crippen LogP contribution in [-0.2, 0) is 0 Å². The second-order valence-corrected chi connectivity index (χ2v) is 5.02. The minimum Gasteiger partial charge on any atom is -0.388 e. The molecule has 0 amide bonds. The fourth-order valence-electron chi connectivity index (χ4n) is 2.25. The van der Waals surface area contributed by atoms with Gasteiger partial charge in [-0.2, -0.15) is 4.98 Å². The molecule has 6 heteroatoms. The summed E-state index contributed by atoms with van der Waals surface area (Å²) in [6.07, 6.45) is 0. The summed E-state index contributed by atoms with van der Waals surface area (Å²) in [4.78, 5) is 8.96. The van der Waals surface area contributed by atoms with Gasteiger partial charge in [0.05, 0.1) is 0 Å². The van der Waals surface area contributed by atoms with E-state index in [2.05, 4.69) is 32.3 Å². The maximum Gasteiger partial charge on any atom is 0.266 e. The van der Waals surface area contributed by atoms with Gasteiger partial charge in [-0.05, 0) is 36.5 Å². The summed E-state index contributed by atoms with van der Waals surface area (Å²) in [6, 6.07) is 7.95. The minimum atomic E-state index is 0.571. The van der Waals surface area contributed by atoms with Crippen LogP contribution in [0.2, 0.25) is 0 Å². The Labute approximate surface area is 118 Å². The highest BCUT2D eigenvalue weighted by Gasteiger charge is 2.19. The summed E-state index contributed by atoms with van der Waals surface area (Å²) >= 11 is 0. The molecule has 1 aliphatic heterocycles. The Balaban J connectivity index is 1.75. The zero-order valence-corrected chi connectivity index (χ0v) is 11.8. The van der Waals surface area contributed by atoms with Crippen molar-refractivity contribution in [1.29, 1.82) is 0 Å². The summed E-state index contributed by atoms with van der Waals surface area (Å²) in [5, 5.41) is 7.18. The normalized spacial score (nSPS) is 16.4. The van der Waals surface area contributed by atoms with Crippen molar-refractivity contribution >= 4 is 11.6 Å². The molecule has 2 aromatic rings. The van der Waals surface area contributed by atoms with E-state index >= 15 is 0 Å². The number of aromatic nitrogens is 2. The molecule has 2 heterocycles. The van der Waals surface area contributed by atoms with Gasteiger partial charge in [0.25, 0.3) is 11.8 Å². The van der Waals surface area contributed by atoms with Crippen LogP contribution in [0.3, 0.4) is 0 Å². The Morgan fingerprint density at radius 1 is 1.10 bits per heavy atom. The summed E-state index contributed by atoms with van der Waals surface area (Å²) in [6.45, 7) is 3.93. The average molecular weight is 273 g/mol. The van der Waals surface area contributed by atoms with Gasteiger partial charge in [-0.1, -0.05) is 0 Å². The minimum absolute atomic E-state index is 0.571. The molecule has 20 heavy (non-hydrogen) atoms. The van der Waals surface area contributed by atoms with E-state index in [1.807, 2.05) is 31.3 Å². The standard InChI is InChI=1S/C14H19N5O/c1-15-12-5-3-11(4-6-12)13-16-14(17-20-13)19-9-7-18(2)8-10-19/h3-6,15H,7-10H2,1-2H3. The van der Waals surface area contributed by atoms with Gasteiger partial charge in [0, 0.05) is 44.5 Å². The molecule has 1 saturated heterocycles. The van der Waals surface area contributed by atoms with Gasteiger partial charge >= 0.3 is 0 Å². The third-order valence-corrected chi connectivity index (χ3v) is 3.62. The number of nitrogens with one attached hydrogen (secondary N) is 1. The number of piperazine rings is 1. The maximum absolute atomic E-state index is 5.37. The molecule has 0 atom stereocenters. The van der Waals surface area contributed by atoms with Crippen molar-refractivity contribution in [2.45, 2.75) is 0 Å². The van der Waals surface area contributed by atoms with Crippen LogP contribution < -0.4 is 10.2 Å². The number of rotatable bonds is 3. The molecule has 1 aromatic heterocycles. The van der Waals surface area contributed by atoms with Crippen LogP contribution in [0.15, 0.2) is 28.8 Å². The van der Waals surface area contributed by atoms with Crippen LogP contribution in [-0.4, -0.2) is 55.3 Å². The first-order valence-electron chi connectivity index (χ1n) is 6.81. The van der Waals surface area contributed by atoms with Crippen molar-refractivity contribution in [3.8, 4) is 11.5 Å². The molecule has 0 unspecified atom stereocenters. The number of hydrogen-bond donors (Lipinski definition) is 1. The summed E-state index contributed by atoms with van der Waals surface area (Å²) < 4.78 is 5.37. The molecule has 3 rings (SSSR count). The van der Waals surface area contributed by atoms with Crippen molar-refractivity contribution in [1.82, 2.24) is 15.0 Å². The predicted molar refractivity (Wildman–Crippen MR) is 79.0 cm³/mol. The third kappa shape index (κ3) is 2.60. The van der Waals surface area contributed by atoms with Crippen LogP contribution in [0.1, 0.15) is 0 Å². The number of hydrogen-bond acceptors (Lipinski definition) is 6. The first kappa shape index (κ1) is 12.9. The fraction of sp³-hybridized carbons (Fsp3) is 0.429. The van der Waals surface area contributed by atoms with Gasteiger partial charge in [-0.25, -0.2) is 0 Å². The molecule has 0 spiro atoms. The van der Waals surface area contributed by atoms with Crippen molar-refractivity contribution in [3.63, 3.8) is 0 Å². The highest BCUT2D eigenvalue weighted by atomic mass is 16.5. The lowest BCUT2D eigenvalue weighted by molar-refractivity contribution is 0.309. The van der Waals surface area contributed by atoms with Gasteiger partial charge in [0.2, 0.25) is 0 Å². The van der Waals surface area contributed by atoms with Gasteiger partial charge in [-0.15, -0.1) is 0 Å². The second kappa shape index (κ2) is 5.50. The summed E-state index contributed by atoms with van der Waals surface area (Å²) in [5.74, 6) is 1.26. The van der Waals surface area contributed by atoms with Crippen molar-refractivity contribution in [3.05, 3.63) is 24.3 Å². The first-order chi connectivity index (χ1) is 9.76. The molecular weight excluding hydrogens is 254 g/mol. The molecule has 0 radical (unpaired) electrons. The summed E-state index contributed by atoms with van der Waals surface area (Å²) in [7, 11) is 4.02. The Kier molecular flexibility index (Phi) is 3.56. The predicted octanol–water partition coefficient (Wildman–Crippen LogP) is 1.53. The molecule has 1 aromatic carbocycles. The Hall–Kier alpha value is -2.08. The summed E-state index contributed by atoms with van der Waals surface area (Å²) in [5.41, 5.74) is 2.00. The topological polar surface area (TPSA) is 57.4 Å². The monoisotopic (exact) mass is 273 g/mol. The number of nitrogens with zero attached hydrogens (tertiary/aromatic N) is 4. The largest absolute Gasteiger partial charge is 0.388 e. The molecule has 1 fully saturated rings. The van der Waals surface area contributed by atoms with E-state index in [0.717, 1.165) is 37.4 Å². The highest BCUT2D eigenvalue weighted by molar-refractivity contribution is 5.59. The van der Waals surface area contributed by atoms with Crippen LogP contribution >= 0.6 is 0 Å². The zero-order chi connectivity index (χ0) is 13.9. The SMILES string of the molecule is CNc1ccc(-c2nc(N3CCN(C)CC3)no2)cc1. The Morgan fingerprint density at radius 3 is 2.45 bits per heavy atom. The molecule has 0 saturated carbocycles. The second-order valence-electron chi connectivity index (χ2n) is 5.02. The van der Waals surface area contributed by atoms with E-state index in [1.54, 1.807) is 0 Å². The van der Waals surface area contributed by atoms with Crippen molar-refractivity contribution in [2.75, 3.05) is 50.5 Å². The quantitative estimate of drug-likeness (QED) is 0.915. The lowest BCUT2D eigenvalue weighted by Gasteiger charge is -2.31. The highest BCUT2D eigenvalue weighted by Crippen LogP contribution is 2.22. The fourth-order valence-corrected chi connectivity index (χ4v) is 2.25. The van der Waals surface area contributed by atoms with Gasteiger partial charge in [0.15, 0.2) is 0 Å². The van der Waals surface area contributed by atoms with Crippen LogP contribution in [0.25, 0.3) is 11.5 Å². The average Bonchev–Trinajstić information content (AvgIpc) is 2.98. The van der Waals surface area contributed by atoms with Gasteiger partial charge < -0.3 is 19.6 Å². The molecule has 1 N–H and O–H groups in total. The maximum atomic E-state index is 5.37. The molecule has 106 valence electrons. The van der Waals surface area contributed by atoms with Crippen molar-refractivity contribution in [2.24, 2.45) is 0 Å². The van der Waals surface area contributed by atoms with E-state index < -0.39 is 0 Å². The number of anilines is 2. The van der Waals surface area contributed by atoms with E-state index in [4.69, 9.17) is 4.52 Å². The molecule has 1 aliphatic rings. The first-order valence-corrected chi connectivity index (χ1v) is 6.81. The van der Waals surface area contributed by atoms with Gasteiger partial charge in [0.1, 0.15) is 0 Å². The van der Waals surface area contributed by atoms with E-state index in [1.165, 1.54) is 0 Å². The Bertz CT molecular complexity index is 557.